The normalized spacial score (nSPS) is 27.3. The van der Waals surface area contributed by atoms with Crippen LogP contribution in [0.25, 0.3) is 0 Å². The Labute approximate surface area is 106 Å². The van der Waals surface area contributed by atoms with Crippen LogP contribution >= 0.6 is 11.6 Å². The summed E-state index contributed by atoms with van der Waals surface area (Å²) >= 11 is 6.11. The molecule has 4 heteroatoms. The fourth-order valence-electron chi connectivity index (χ4n) is 2.12. The lowest BCUT2D eigenvalue weighted by atomic mass is 10.0. The van der Waals surface area contributed by atoms with Crippen molar-refractivity contribution in [1.29, 1.82) is 0 Å². The minimum absolute atomic E-state index is 0.0431. The van der Waals surface area contributed by atoms with Gasteiger partial charge in [-0.3, -0.25) is 0 Å². The van der Waals surface area contributed by atoms with Gasteiger partial charge in [0.15, 0.2) is 5.79 Å². The Bertz CT molecular complexity index is 392. The molecule has 3 nitrogen and oxygen atoms in total. The molecule has 17 heavy (non-hydrogen) atoms. The number of benzene rings is 1. The molecule has 1 fully saturated rings. The number of rotatable bonds is 3. The van der Waals surface area contributed by atoms with Crippen molar-refractivity contribution in [2.45, 2.75) is 38.3 Å². The van der Waals surface area contributed by atoms with Gasteiger partial charge in [-0.15, -0.1) is 0 Å². The first-order chi connectivity index (χ1) is 8.02. The van der Waals surface area contributed by atoms with Gasteiger partial charge in [0.25, 0.3) is 0 Å². The maximum absolute atomic E-state index is 9.28. The molecule has 1 aliphatic rings. The molecular weight excluding hydrogens is 240 g/mol. The third-order valence-electron chi connectivity index (χ3n) is 2.84. The van der Waals surface area contributed by atoms with Crippen molar-refractivity contribution in [1.82, 2.24) is 0 Å². The van der Waals surface area contributed by atoms with Crippen molar-refractivity contribution in [3.8, 4) is 0 Å². The van der Waals surface area contributed by atoms with Gasteiger partial charge in [-0.25, -0.2) is 0 Å². The average molecular weight is 257 g/mol. The molecule has 0 saturated carbocycles. The second-order valence-corrected chi connectivity index (χ2v) is 5.10. The number of hydrogen-bond donors (Lipinski definition) is 1. The summed E-state index contributed by atoms with van der Waals surface area (Å²) in [5, 5.41) is 10.00. The standard InChI is InChI=1S/C13H17ClO3/c1-13(2)16-11(12(8-15)17-13)7-9-5-3-4-6-10(9)14/h3-6,11-12,15H,7-8H2,1-2H3. The van der Waals surface area contributed by atoms with E-state index >= 15 is 0 Å². The molecule has 94 valence electrons. The SMILES string of the molecule is CC1(C)OC(CO)C(Cc2ccccc2Cl)O1. The zero-order valence-electron chi connectivity index (χ0n) is 10.0. The van der Waals surface area contributed by atoms with Gasteiger partial charge in [0.1, 0.15) is 6.10 Å². The molecule has 1 aromatic carbocycles. The van der Waals surface area contributed by atoms with E-state index in [-0.39, 0.29) is 18.8 Å². The Morgan fingerprint density at radius 3 is 2.53 bits per heavy atom. The molecular formula is C13H17ClO3. The van der Waals surface area contributed by atoms with Crippen LogP contribution < -0.4 is 0 Å². The van der Waals surface area contributed by atoms with Gasteiger partial charge in [0.05, 0.1) is 12.7 Å². The Morgan fingerprint density at radius 1 is 1.24 bits per heavy atom. The molecule has 1 aromatic rings. The highest BCUT2D eigenvalue weighted by atomic mass is 35.5. The van der Waals surface area contributed by atoms with Crippen LogP contribution in [0.4, 0.5) is 0 Å². The lowest BCUT2D eigenvalue weighted by Gasteiger charge is -2.17. The Kier molecular flexibility index (Phi) is 3.73. The fourth-order valence-corrected chi connectivity index (χ4v) is 2.33. The topological polar surface area (TPSA) is 38.7 Å². The summed E-state index contributed by atoms with van der Waals surface area (Å²) in [4.78, 5) is 0. The van der Waals surface area contributed by atoms with Crippen molar-refractivity contribution in [2.75, 3.05) is 6.61 Å². The van der Waals surface area contributed by atoms with Crippen LogP contribution in [0.5, 0.6) is 0 Å². The second kappa shape index (κ2) is 4.94. The minimum atomic E-state index is -0.640. The molecule has 1 heterocycles. The maximum Gasteiger partial charge on any atom is 0.163 e. The number of hydrogen-bond acceptors (Lipinski definition) is 3. The van der Waals surface area contributed by atoms with Gasteiger partial charge in [-0.1, -0.05) is 29.8 Å². The average Bonchev–Trinajstić information content (AvgIpc) is 2.56. The zero-order valence-corrected chi connectivity index (χ0v) is 10.8. The Hall–Kier alpha value is -0.610. The minimum Gasteiger partial charge on any atom is -0.394 e. The van der Waals surface area contributed by atoms with Crippen LogP contribution in [-0.4, -0.2) is 29.7 Å². The van der Waals surface area contributed by atoms with E-state index in [0.717, 1.165) is 10.6 Å². The van der Waals surface area contributed by atoms with E-state index in [2.05, 4.69) is 0 Å². The summed E-state index contributed by atoms with van der Waals surface area (Å²) in [6, 6.07) is 7.65. The fraction of sp³-hybridized carbons (Fsp3) is 0.538. The first-order valence-electron chi connectivity index (χ1n) is 5.72. The third kappa shape index (κ3) is 2.99. The van der Waals surface area contributed by atoms with Crippen LogP contribution in [0, 0.1) is 0 Å². The van der Waals surface area contributed by atoms with Crippen LogP contribution in [0.3, 0.4) is 0 Å². The third-order valence-corrected chi connectivity index (χ3v) is 3.21. The first kappa shape index (κ1) is 12.8. The van der Waals surface area contributed by atoms with Crippen molar-refractivity contribution >= 4 is 11.6 Å². The number of aliphatic hydroxyl groups excluding tert-OH is 1. The molecule has 0 aromatic heterocycles. The van der Waals surface area contributed by atoms with E-state index in [1.807, 2.05) is 38.1 Å². The molecule has 0 amide bonds. The van der Waals surface area contributed by atoms with Crippen LogP contribution in [-0.2, 0) is 15.9 Å². The lowest BCUT2D eigenvalue weighted by molar-refractivity contribution is -0.149. The predicted molar refractivity (Wildman–Crippen MR) is 66.1 cm³/mol. The molecule has 1 N–H and O–H groups in total. The monoisotopic (exact) mass is 256 g/mol. The highest BCUT2D eigenvalue weighted by Crippen LogP contribution is 2.31. The summed E-state index contributed by atoms with van der Waals surface area (Å²) in [6.45, 7) is 3.66. The van der Waals surface area contributed by atoms with Gasteiger partial charge in [-0.2, -0.15) is 0 Å². The van der Waals surface area contributed by atoms with Gasteiger partial charge in [0.2, 0.25) is 0 Å². The van der Waals surface area contributed by atoms with Crippen LogP contribution in [0.2, 0.25) is 5.02 Å². The summed E-state index contributed by atoms with van der Waals surface area (Å²) < 4.78 is 11.4. The first-order valence-corrected chi connectivity index (χ1v) is 6.09. The number of halogens is 1. The van der Waals surface area contributed by atoms with E-state index in [4.69, 9.17) is 21.1 Å². The molecule has 0 aliphatic carbocycles. The van der Waals surface area contributed by atoms with Crippen molar-refractivity contribution in [3.05, 3.63) is 34.9 Å². The second-order valence-electron chi connectivity index (χ2n) is 4.69. The molecule has 0 spiro atoms. The molecule has 0 radical (unpaired) electrons. The van der Waals surface area contributed by atoms with Crippen molar-refractivity contribution in [2.24, 2.45) is 0 Å². The molecule has 2 atom stereocenters. The van der Waals surface area contributed by atoms with E-state index < -0.39 is 5.79 Å². The molecule has 1 saturated heterocycles. The molecule has 2 unspecified atom stereocenters. The summed E-state index contributed by atoms with van der Waals surface area (Å²) in [5.41, 5.74) is 1.01. The van der Waals surface area contributed by atoms with Crippen molar-refractivity contribution < 1.29 is 14.6 Å². The van der Waals surface area contributed by atoms with E-state index in [0.29, 0.717) is 6.42 Å². The largest absolute Gasteiger partial charge is 0.394 e. The van der Waals surface area contributed by atoms with E-state index in [1.165, 1.54) is 0 Å². The smallest absolute Gasteiger partial charge is 0.163 e. The van der Waals surface area contributed by atoms with E-state index in [1.54, 1.807) is 0 Å². The quantitative estimate of drug-likeness (QED) is 0.903. The van der Waals surface area contributed by atoms with Gasteiger partial charge >= 0.3 is 0 Å². The maximum atomic E-state index is 9.28. The lowest BCUT2D eigenvalue weighted by Crippen LogP contribution is -2.28. The highest BCUT2D eigenvalue weighted by Gasteiger charge is 2.40. The predicted octanol–water partition coefficient (Wildman–Crippen LogP) is 2.39. The number of ether oxygens (including phenoxy) is 2. The summed E-state index contributed by atoms with van der Waals surface area (Å²) in [6.07, 6.45) is 0.199. The van der Waals surface area contributed by atoms with Gasteiger partial charge in [0, 0.05) is 11.4 Å². The number of aliphatic hydroxyl groups is 1. The Morgan fingerprint density at radius 2 is 1.88 bits per heavy atom. The van der Waals surface area contributed by atoms with Crippen LogP contribution in [0.15, 0.2) is 24.3 Å². The van der Waals surface area contributed by atoms with Crippen molar-refractivity contribution in [3.63, 3.8) is 0 Å². The highest BCUT2D eigenvalue weighted by molar-refractivity contribution is 6.31. The van der Waals surface area contributed by atoms with Crippen LogP contribution in [0.1, 0.15) is 19.4 Å². The molecule has 0 bridgehead atoms. The summed E-state index contributed by atoms with van der Waals surface area (Å²) in [5.74, 6) is -0.640. The van der Waals surface area contributed by atoms with E-state index in [9.17, 15) is 5.11 Å². The Balaban J connectivity index is 2.11. The summed E-state index contributed by atoms with van der Waals surface area (Å²) in [7, 11) is 0. The zero-order chi connectivity index (χ0) is 12.5. The van der Waals surface area contributed by atoms with Gasteiger partial charge < -0.3 is 14.6 Å². The van der Waals surface area contributed by atoms with Gasteiger partial charge in [-0.05, 0) is 25.5 Å². The molecule has 1 aliphatic heterocycles. The molecule has 2 rings (SSSR count).